The molecule has 0 aromatic carbocycles. The first-order valence-corrected chi connectivity index (χ1v) is 9.78. The van der Waals surface area contributed by atoms with Crippen LogP contribution in [0, 0.1) is 0 Å². The van der Waals surface area contributed by atoms with Crippen molar-refractivity contribution in [3.63, 3.8) is 0 Å². The molecule has 2 amide bonds. The molecule has 0 aliphatic carbocycles. The molecule has 1 aliphatic rings. The highest BCUT2D eigenvalue weighted by atomic mass is 19.4. The number of alkyl halides is 3. The van der Waals surface area contributed by atoms with Crippen molar-refractivity contribution in [1.29, 1.82) is 0 Å². The Morgan fingerprint density at radius 2 is 1.88 bits per heavy atom. The van der Waals surface area contributed by atoms with Crippen LogP contribution in [0.3, 0.4) is 0 Å². The Hall–Kier alpha value is -3.63. The van der Waals surface area contributed by atoms with Gasteiger partial charge in [-0.2, -0.15) is 18.2 Å². The van der Waals surface area contributed by atoms with E-state index >= 15 is 0 Å². The molecule has 1 saturated heterocycles. The fourth-order valence-corrected chi connectivity index (χ4v) is 3.26. The number of carbonyl (C=O) groups is 1. The van der Waals surface area contributed by atoms with E-state index in [1.54, 1.807) is 18.2 Å². The van der Waals surface area contributed by atoms with Gasteiger partial charge in [-0.05, 0) is 42.1 Å². The lowest BCUT2D eigenvalue weighted by atomic mass is 9.63. The summed E-state index contributed by atoms with van der Waals surface area (Å²) in [6, 6.07) is 6.56. The second-order valence-electron chi connectivity index (χ2n) is 7.56. The number of carbonyl (C=O) groups excluding carboxylic acids is 1. The summed E-state index contributed by atoms with van der Waals surface area (Å²) >= 11 is 0. The fourth-order valence-electron chi connectivity index (χ4n) is 3.26. The van der Waals surface area contributed by atoms with Crippen LogP contribution in [0.15, 0.2) is 48.9 Å². The molecule has 1 aliphatic heterocycles. The van der Waals surface area contributed by atoms with Gasteiger partial charge in [0.15, 0.2) is 0 Å². The van der Waals surface area contributed by atoms with Crippen LogP contribution in [-0.4, -0.2) is 53.5 Å². The molecule has 13 heteroatoms. The van der Waals surface area contributed by atoms with Gasteiger partial charge in [0.1, 0.15) is 11.5 Å². The van der Waals surface area contributed by atoms with Crippen LogP contribution in [0.4, 0.5) is 29.7 Å². The first kappa shape index (κ1) is 22.6. The van der Waals surface area contributed by atoms with Gasteiger partial charge < -0.3 is 10.6 Å². The summed E-state index contributed by atoms with van der Waals surface area (Å²) in [6.45, 7) is 1.85. The maximum atomic E-state index is 12.9. The second kappa shape index (κ2) is 8.38. The van der Waals surface area contributed by atoms with Crippen LogP contribution in [0.2, 0.25) is 0 Å². The number of nitrogens with one attached hydrogen (secondary N) is 2. The summed E-state index contributed by atoms with van der Waals surface area (Å²) in [5.74, 6) is 0.561. The van der Waals surface area contributed by atoms with Crippen molar-refractivity contribution in [2.24, 2.45) is 0 Å². The first-order chi connectivity index (χ1) is 15.5. The number of aromatic nitrogens is 4. The van der Waals surface area contributed by atoms with Crippen LogP contribution in [0.25, 0.3) is 11.1 Å². The molecule has 4 rings (SSSR count). The van der Waals surface area contributed by atoms with Crippen molar-refractivity contribution in [2.45, 2.75) is 24.5 Å². The number of hydrogen-bond acceptors (Lipinski definition) is 6. The van der Waals surface area contributed by atoms with Gasteiger partial charge in [0.2, 0.25) is 5.95 Å². The molecule has 8 nitrogen and oxygen atoms in total. The molecule has 0 spiro atoms. The van der Waals surface area contributed by atoms with E-state index in [1.807, 2.05) is 6.92 Å². The van der Waals surface area contributed by atoms with Crippen LogP contribution in [-0.2, 0) is 6.18 Å². The average molecular weight is 449 g/mol. The maximum Gasteiger partial charge on any atom is 0.433 e. The Morgan fingerprint density at radius 3 is 2.52 bits per heavy atom. The highest BCUT2D eigenvalue weighted by molar-refractivity contribution is 6.42. The molecule has 2 N–H and O–H groups in total. The van der Waals surface area contributed by atoms with Crippen LogP contribution < -0.4 is 15.5 Å². The molecular formula is C20H16B2F3N7O. The summed E-state index contributed by atoms with van der Waals surface area (Å²) in [5, 5.41) is 4.17. The van der Waals surface area contributed by atoms with Gasteiger partial charge in [-0.25, -0.2) is 9.78 Å². The zero-order valence-corrected chi connectivity index (χ0v) is 17.3. The lowest BCUT2D eigenvalue weighted by Gasteiger charge is -2.19. The first-order valence-electron chi connectivity index (χ1n) is 9.78. The maximum absolute atomic E-state index is 12.9. The number of rotatable bonds is 5. The van der Waals surface area contributed by atoms with E-state index in [-0.39, 0.29) is 18.5 Å². The number of amides is 2. The normalized spacial score (nSPS) is 16.4. The highest BCUT2D eigenvalue weighted by Gasteiger charge is 2.35. The van der Waals surface area contributed by atoms with Crippen molar-refractivity contribution < 1.29 is 18.0 Å². The number of nitrogens with zero attached hydrogens (tertiary/aromatic N) is 5. The molecule has 1 atom stereocenters. The van der Waals surface area contributed by atoms with E-state index in [2.05, 4.69) is 30.6 Å². The Kier molecular flexibility index (Phi) is 5.73. The van der Waals surface area contributed by atoms with Crippen LogP contribution >= 0.6 is 0 Å². The number of halogens is 3. The van der Waals surface area contributed by atoms with Crippen LogP contribution in [0.5, 0.6) is 0 Å². The minimum atomic E-state index is -4.53. The summed E-state index contributed by atoms with van der Waals surface area (Å²) in [7, 11) is 11.5. The van der Waals surface area contributed by atoms with Gasteiger partial charge >= 0.3 is 12.2 Å². The minimum Gasteiger partial charge on any atom is -0.348 e. The highest BCUT2D eigenvalue weighted by Crippen LogP contribution is 2.30. The minimum absolute atomic E-state index is 0.0336. The Morgan fingerprint density at radius 1 is 1.12 bits per heavy atom. The monoisotopic (exact) mass is 449 g/mol. The summed E-state index contributed by atoms with van der Waals surface area (Å²) in [6.07, 6.45) is -0.449. The van der Waals surface area contributed by atoms with E-state index in [4.69, 9.17) is 15.7 Å². The zero-order valence-electron chi connectivity index (χ0n) is 17.3. The van der Waals surface area contributed by atoms with Gasteiger partial charge in [-0.1, -0.05) is 6.07 Å². The molecule has 1 unspecified atom stereocenters. The number of urea groups is 1. The second-order valence-corrected chi connectivity index (χ2v) is 7.56. The Labute approximate surface area is 189 Å². The topological polar surface area (TPSA) is 95.9 Å². The number of hydrogen-bond donors (Lipinski definition) is 2. The molecule has 3 aromatic heterocycles. The van der Waals surface area contributed by atoms with E-state index in [0.29, 0.717) is 22.6 Å². The van der Waals surface area contributed by atoms with E-state index in [9.17, 15) is 18.0 Å². The van der Waals surface area contributed by atoms with Crippen molar-refractivity contribution in [3.8, 4) is 11.1 Å². The third-order valence-electron chi connectivity index (χ3n) is 4.88. The van der Waals surface area contributed by atoms with Gasteiger partial charge in [0.05, 0.1) is 27.4 Å². The predicted molar refractivity (Wildman–Crippen MR) is 117 cm³/mol. The molecule has 4 heterocycles. The van der Waals surface area contributed by atoms with Crippen molar-refractivity contribution in [2.75, 3.05) is 16.8 Å². The molecule has 33 heavy (non-hydrogen) atoms. The summed E-state index contributed by atoms with van der Waals surface area (Å²) in [4.78, 5) is 29.6. The molecular weight excluding hydrogens is 433 g/mol. The van der Waals surface area contributed by atoms with Crippen molar-refractivity contribution >= 4 is 33.5 Å². The third kappa shape index (κ3) is 5.07. The third-order valence-corrected chi connectivity index (χ3v) is 4.88. The number of anilines is 2. The summed E-state index contributed by atoms with van der Waals surface area (Å²) in [5.41, 5.74) is 0.515. The zero-order chi connectivity index (χ0) is 23.8. The molecule has 0 saturated carbocycles. The van der Waals surface area contributed by atoms with Crippen molar-refractivity contribution in [1.82, 2.24) is 25.3 Å². The smallest absolute Gasteiger partial charge is 0.348 e. The Bertz CT molecular complexity index is 1170. The molecule has 3 aromatic rings. The fraction of sp³-hybridized carbons (Fsp3) is 0.250. The Balaban J connectivity index is 1.48. The van der Waals surface area contributed by atoms with Gasteiger partial charge in [0.25, 0.3) is 0 Å². The molecule has 164 valence electrons. The average Bonchev–Trinajstić information content (AvgIpc) is 3.05. The molecule has 4 radical (unpaired) electrons. The van der Waals surface area contributed by atoms with Crippen molar-refractivity contribution in [3.05, 3.63) is 60.3 Å². The quantitative estimate of drug-likeness (QED) is 0.582. The standard InChI is InChI=1S/C20H16B2F3N7O/c1-11(29-17-27-7-5-16(30-17)32-10-19(21,22)31-18(32)33)14-3-2-13(9-28-14)12-4-6-26-15(8-12)20(23,24)25/h2-9,11H,10H2,1H3,(H,31,33)(H,27,29,30). The van der Waals surface area contributed by atoms with Gasteiger partial charge in [-0.3, -0.25) is 14.9 Å². The molecule has 0 bridgehead atoms. The summed E-state index contributed by atoms with van der Waals surface area (Å²) < 4.78 is 38.7. The lowest BCUT2D eigenvalue weighted by Crippen LogP contribution is -2.44. The number of pyridine rings is 2. The van der Waals surface area contributed by atoms with E-state index in [1.165, 1.54) is 23.4 Å². The molecule has 1 fully saturated rings. The van der Waals surface area contributed by atoms with E-state index < -0.39 is 23.2 Å². The lowest BCUT2D eigenvalue weighted by molar-refractivity contribution is -0.141. The van der Waals surface area contributed by atoms with E-state index in [0.717, 1.165) is 12.3 Å². The van der Waals surface area contributed by atoms with Gasteiger partial charge in [0, 0.05) is 30.7 Å². The van der Waals surface area contributed by atoms with Crippen LogP contribution in [0.1, 0.15) is 24.4 Å². The van der Waals surface area contributed by atoms with Gasteiger partial charge in [-0.15, -0.1) is 0 Å². The largest absolute Gasteiger partial charge is 0.433 e. The predicted octanol–water partition coefficient (Wildman–Crippen LogP) is 2.65. The SMILES string of the molecule is [B]C1([B])CN(c2ccnc(NC(C)c3ccc(-c4ccnc(C(F)(F)F)c4)cn3)n2)C(=O)N1.